The molecule has 2 aromatic carbocycles. The van der Waals surface area contributed by atoms with Crippen LogP contribution in [0.4, 0.5) is 0 Å². The third-order valence-electron chi connectivity index (χ3n) is 4.31. The van der Waals surface area contributed by atoms with Gasteiger partial charge in [-0.2, -0.15) is 0 Å². The van der Waals surface area contributed by atoms with Crippen molar-refractivity contribution in [3.8, 4) is 0 Å². The molecule has 0 aliphatic carbocycles. The van der Waals surface area contributed by atoms with E-state index in [0.29, 0.717) is 39.0 Å². The maximum absolute atomic E-state index is 12.2. The van der Waals surface area contributed by atoms with Crippen molar-refractivity contribution >= 4 is 20.0 Å². The summed E-state index contributed by atoms with van der Waals surface area (Å²) >= 11 is 0. The zero-order valence-corrected chi connectivity index (χ0v) is 18.4. The monoisotopic (exact) mass is 439 g/mol. The number of aryl methyl sites for hydroxylation is 2. The van der Waals surface area contributed by atoms with Crippen molar-refractivity contribution in [2.24, 2.45) is 0 Å². The van der Waals surface area contributed by atoms with Crippen molar-refractivity contribution < 1.29 is 16.8 Å². The van der Waals surface area contributed by atoms with E-state index in [1.807, 2.05) is 13.8 Å². The first-order chi connectivity index (χ1) is 13.7. The van der Waals surface area contributed by atoms with E-state index in [1.54, 1.807) is 48.5 Å². The molecule has 3 N–H and O–H groups in total. The molecule has 0 heterocycles. The molecule has 29 heavy (non-hydrogen) atoms. The van der Waals surface area contributed by atoms with Crippen molar-refractivity contribution in [1.82, 2.24) is 14.8 Å². The van der Waals surface area contributed by atoms with Gasteiger partial charge >= 0.3 is 0 Å². The average molecular weight is 440 g/mol. The molecule has 0 spiro atoms. The van der Waals surface area contributed by atoms with E-state index in [2.05, 4.69) is 14.8 Å². The second-order valence-electron chi connectivity index (χ2n) is 6.88. The summed E-state index contributed by atoms with van der Waals surface area (Å²) in [6.07, 6.45) is 1.28. The largest absolute Gasteiger partial charge is 0.317 e. The van der Waals surface area contributed by atoms with Crippen molar-refractivity contribution in [3.05, 3.63) is 59.7 Å². The first-order valence-corrected chi connectivity index (χ1v) is 12.5. The van der Waals surface area contributed by atoms with E-state index >= 15 is 0 Å². The summed E-state index contributed by atoms with van der Waals surface area (Å²) in [4.78, 5) is 0.522. The highest BCUT2D eigenvalue weighted by molar-refractivity contribution is 7.89. The first-order valence-electron chi connectivity index (χ1n) is 9.54. The summed E-state index contributed by atoms with van der Waals surface area (Å²) in [6.45, 7) is 5.76. The van der Waals surface area contributed by atoms with Crippen LogP contribution in [0.3, 0.4) is 0 Å². The predicted octanol–water partition coefficient (Wildman–Crippen LogP) is 1.93. The Bertz CT molecular complexity index is 890. The van der Waals surface area contributed by atoms with Gasteiger partial charge in [0, 0.05) is 13.1 Å². The molecule has 0 atom stereocenters. The van der Waals surface area contributed by atoms with Crippen LogP contribution in [0.25, 0.3) is 0 Å². The highest BCUT2D eigenvalue weighted by Crippen LogP contribution is 2.10. The summed E-state index contributed by atoms with van der Waals surface area (Å²) in [5.74, 6) is 0. The topological polar surface area (TPSA) is 104 Å². The molecule has 2 aromatic rings. The van der Waals surface area contributed by atoms with Gasteiger partial charge in [-0.25, -0.2) is 26.3 Å². The number of nitrogens with one attached hydrogen (secondary N) is 3. The molecule has 0 unspecified atom stereocenters. The molecule has 7 nitrogen and oxygen atoms in total. The summed E-state index contributed by atoms with van der Waals surface area (Å²) in [6, 6.07) is 13.4. The number of hydrogen-bond donors (Lipinski definition) is 3. The molecule has 0 aromatic heterocycles. The number of benzene rings is 2. The van der Waals surface area contributed by atoms with Crippen LogP contribution in [-0.2, 0) is 20.0 Å². The van der Waals surface area contributed by atoms with Gasteiger partial charge in [-0.1, -0.05) is 35.4 Å². The minimum atomic E-state index is -3.48. The molecule has 2 rings (SSSR count). The van der Waals surface area contributed by atoms with Gasteiger partial charge < -0.3 is 5.32 Å². The quantitative estimate of drug-likeness (QED) is 0.439. The van der Waals surface area contributed by atoms with Gasteiger partial charge in [0.1, 0.15) is 0 Å². The Labute approximate surface area is 174 Å². The third kappa shape index (κ3) is 7.87. The fraction of sp³-hybridized carbons (Fsp3) is 0.400. The van der Waals surface area contributed by atoms with E-state index in [1.165, 1.54) is 0 Å². The van der Waals surface area contributed by atoms with E-state index in [4.69, 9.17) is 0 Å². The molecule has 0 saturated carbocycles. The SMILES string of the molecule is Cc1ccc(S(=O)(=O)NCCCNCCCNS(=O)(=O)c2ccc(C)cc2)cc1. The fourth-order valence-corrected chi connectivity index (χ4v) is 4.71. The van der Waals surface area contributed by atoms with Crippen LogP contribution in [0.1, 0.15) is 24.0 Å². The molecular weight excluding hydrogens is 410 g/mol. The van der Waals surface area contributed by atoms with E-state index in [9.17, 15) is 16.8 Å². The second kappa shape index (κ2) is 10.8. The molecule has 0 bridgehead atoms. The summed E-state index contributed by atoms with van der Waals surface area (Å²) < 4.78 is 53.8. The minimum absolute atomic E-state index is 0.261. The van der Waals surface area contributed by atoms with Gasteiger partial charge in [-0.3, -0.25) is 0 Å². The molecule has 0 radical (unpaired) electrons. The van der Waals surface area contributed by atoms with E-state index in [-0.39, 0.29) is 9.79 Å². The maximum Gasteiger partial charge on any atom is 0.240 e. The van der Waals surface area contributed by atoms with Crippen LogP contribution in [-0.4, -0.2) is 43.0 Å². The van der Waals surface area contributed by atoms with Crippen molar-refractivity contribution in [1.29, 1.82) is 0 Å². The zero-order valence-electron chi connectivity index (χ0n) is 16.8. The minimum Gasteiger partial charge on any atom is -0.317 e. The van der Waals surface area contributed by atoms with Crippen LogP contribution in [0.15, 0.2) is 58.3 Å². The smallest absolute Gasteiger partial charge is 0.240 e. The number of sulfonamides is 2. The van der Waals surface area contributed by atoms with Crippen molar-refractivity contribution in [2.45, 2.75) is 36.5 Å². The predicted molar refractivity (Wildman–Crippen MR) is 115 cm³/mol. The fourth-order valence-electron chi connectivity index (χ4n) is 2.57. The second-order valence-corrected chi connectivity index (χ2v) is 10.4. The first kappa shape index (κ1) is 23.5. The molecular formula is C20H29N3O4S2. The lowest BCUT2D eigenvalue weighted by molar-refractivity contribution is 0.566. The van der Waals surface area contributed by atoms with Crippen molar-refractivity contribution in [2.75, 3.05) is 26.2 Å². The van der Waals surface area contributed by atoms with Crippen LogP contribution >= 0.6 is 0 Å². The standard InChI is InChI=1S/C20H29N3O4S2/c1-17-5-9-19(10-6-17)28(24,25)22-15-3-13-21-14-4-16-23-29(26,27)20-11-7-18(2)8-12-20/h5-12,21-23H,3-4,13-16H2,1-2H3. The summed E-state index contributed by atoms with van der Waals surface area (Å²) in [7, 11) is -6.96. The Balaban J connectivity index is 1.58. The third-order valence-corrected chi connectivity index (χ3v) is 7.26. The van der Waals surface area contributed by atoms with Gasteiger partial charge in [0.15, 0.2) is 0 Å². The number of rotatable bonds is 12. The van der Waals surface area contributed by atoms with Gasteiger partial charge in [0.2, 0.25) is 20.0 Å². The summed E-state index contributed by atoms with van der Waals surface area (Å²) in [5.41, 5.74) is 2.02. The van der Waals surface area contributed by atoms with Crippen LogP contribution < -0.4 is 14.8 Å². The van der Waals surface area contributed by atoms with Gasteiger partial charge in [-0.15, -0.1) is 0 Å². The van der Waals surface area contributed by atoms with Crippen LogP contribution in [0, 0.1) is 13.8 Å². The Morgan fingerprint density at radius 1 is 0.586 bits per heavy atom. The highest BCUT2D eigenvalue weighted by atomic mass is 32.2. The average Bonchev–Trinajstić information content (AvgIpc) is 2.67. The molecule has 0 amide bonds. The molecule has 0 saturated heterocycles. The van der Waals surface area contributed by atoms with E-state index in [0.717, 1.165) is 11.1 Å². The van der Waals surface area contributed by atoms with Gasteiger partial charge in [0.25, 0.3) is 0 Å². The Hall–Kier alpha value is -1.78. The Morgan fingerprint density at radius 2 is 0.931 bits per heavy atom. The lowest BCUT2D eigenvalue weighted by Gasteiger charge is -2.09. The normalized spacial score (nSPS) is 12.2. The molecule has 0 aliphatic heterocycles. The lowest BCUT2D eigenvalue weighted by Crippen LogP contribution is -2.29. The van der Waals surface area contributed by atoms with Gasteiger partial charge in [-0.05, 0) is 64.0 Å². The lowest BCUT2D eigenvalue weighted by atomic mass is 10.2. The Morgan fingerprint density at radius 3 is 1.28 bits per heavy atom. The molecule has 160 valence electrons. The highest BCUT2D eigenvalue weighted by Gasteiger charge is 2.13. The Kier molecular flexibility index (Phi) is 8.79. The van der Waals surface area contributed by atoms with Gasteiger partial charge in [0.05, 0.1) is 9.79 Å². The molecule has 9 heteroatoms. The van der Waals surface area contributed by atoms with Crippen LogP contribution in [0.2, 0.25) is 0 Å². The molecule has 0 aliphatic rings. The molecule has 0 fully saturated rings. The van der Waals surface area contributed by atoms with Crippen LogP contribution in [0.5, 0.6) is 0 Å². The summed E-state index contributed by atoms with van der Waals surface area (Å²) in [5, 5.41) is 3.18. The zero-order chi connectivity index (χ0) is 21.3. The number of hydrogen-bond acceptors (Lipinski definition) is 5. The van der Waals surface area contributed by atoms with Crippen molar-refractivity contribution in [3.63, 3.8) is 0 Å². The maximum atomic E-state index is 12.2. The van der Waals surface area contributed by atoms with E-state index < -0.39 is 20.0 Å².